The molecule has 0 amide bonds. The Balaban J connectivity index is 2.16. The number of rotatable bonds is 7. The Bertz CT molecular complexity index is 246. The van der Waals surface area contributed by atoms with E-state index in [1.165, 1.54) is 18.4 Å². The fourth-order valence-corrected chi connectivity index (χ4v) is 1.68. The predicted octanol–water partition coefficient (Wildman–Crippen LogP) is 2.02. The summed E-state index contributed by atoms with van der Waals surface area (Å²) in [5.41, 5.74) is 1.44. The molecular weight excluding hydrogens is 184 g/mol. The first-order valence-corrected chi connectivity index (χ1v) is 5.72. The van der Waals surface area contributed by atoms with Crippen LogP contribution in [0.3, 0.4) is 0 Å². The Morgan fingerprint density at radius 3 is 2.60 bits per heavy atom. The maximum absolute atomic E-state index is 3.34. The van der Waals surface area contributed by atoms with Crippen LogP contribution in [0.1, 0.15) is 18.9 Å². The van der Waals surface area contributed by atoms with E-state index in [0.717, 1.165) is 19.1 Å². The molecule has 0 aliphatic heterocycles. The van der Waals surface area contributed by atoms with Gasteiger partial charge >= 0.3 is 0 Å². The molecular formula is C13H22N2. The Labute approximate surface area is 93.1 Å². The molecule has 1 aromatic rings. The van der Waals surface area contributed by atoms with E-state index in [9.17, 15) is 0 Å². The molecule has 0 radical (unpaired) electrons. The molecule has 0 bridgehead atoms. The minimum Gasteiger partial charge on any atom is -0.308 e. The van der Waals surface area contributed by atoms with Crippen LogP contribution in [0, 0.1) is 5.92 Å². The van der Waals surface area contributed by atoms with E-state index in [2.05, 4.69) is 47.9 Å². The Kier molecular flexibility index (Phi) is 6.05. The zero-order valence-electron chi connectivity index (χ0n) is 9.79. The molecule has 15 heavy (non-hydrogen) atoms. The number of hydrogen-bond donors (Lipinski definition) is 2. The first-order valence-electron chi connectivity index (χ1n) is 5.72. The maximum Gasteiger partial charge on any atom is 0.0451 e. The first kappa shape index (κ1) is 12.2. The molecule has 0 aliphatic carbocycles. The molecule has 0 aliphatic rings. The zero-order chi connectivity index (χ0) is 10.9. The second-order valence-corrected chi connectivity index (χ2v) is 4.11. The largest absolute Gasteiger partial charge is 0.308 e. The summed E-state index contributed by atoms with van der Waals surface area (Å²) >= 11 is 0. The van der Waals surface area contributed by atoms with Gasteiger partial charge in [-0.05, 0) is 37.9 Å². The second kappa shape index (κ2) is 7.43. The van der Waals surface area contributed by atoms with Crippen molar-refractivity contribution in [1.82, 2.24) is 10.6 Å². The average molecular weight is 206 g/mol. The van der Waals surface area contributed by atoms with E-state index in [0.29, 0.717) is 0 Å². The van der Waals surface area contributed by atoms with E-state index >= 15 is 0 Å². The van der Waals surface area contributed by atoms with Crippen LogP contribution in [-0.2, 0) is 6.42 Å². The second-order valence-electron chi connectivity index (χ2n) is 4.11. The van der Waals surface area contributed by atoms with Crippen LogP contribution < -0.4 is 10.6 Å². The van der Waals surface area contributed by atoms with Crippen LogP contribution >= 0.6 is 0 Å². The van der Waals surface area contributed by atoms with Crippen molar-refractivity contribution in [1.29, 1.82) is 0 Å². The van der Waals surface area contributed by atoms with E-state index in [1.807, 2.05) is 7.05 Å². The molecule has 2 N–H and O–H groups in total. The molecule has 0 saturated carbocycles. The van der Waals surface area contributed by atoms with E-state index < -0.39 is 0 Å². The van der Waals surface area contributed by atoms with Crippen LogP contribution in [0.25, 0.3) is 0 Å². The SMILES string of the molecule is CNCNCC[C@H](C)Cc1ccccc1. The Morgan fingerprint density at radius 1 is 1.20 bits per heavy atom. The maximum atomic E-state index is 3.34. The molecule has 0 aromatic heterocycles. The van der Waals surface area contributed by atoms with Gasteiger partial charge in [-0.15, -0.1) is 0 Å². The Hall–Kier alpha value is -0.860. The van der Waals surface area contributed by atoms with Gasteiger partial charge in [-0.25, -0.2) is 0 Å². The van der Waals surface area contributed by atoms with Crippen molar-refractivity contribution in [3.8, 4) is 0 Å². The molecule has 1 rings (SSSR count). The van der Waals surface area contributed by atoms with Crippen LogP contribution in [0.4, 0.5) is 0 Å². The molecule has 0 heterocycles. The highest BCUT2D eigenvalue weighted by Crippen LogP contribution is 2.10. The fraction of sp³-hybridized carbons (Fsp3) is 0.538. The molecule has 2 nitrogen and oxygen atoms in total. The van der Waals surface area contributed by atoms with Crippen molar-refractivity contribution in [3.05, 3.63) is 35.9 Å². The molecule has 0 fully saturated rings. The van der Waals surface area contributed by atoms with Gasteiger partial charge in [-0.2, -0.15) is 0 Å². The van der Waals surface area contributed by atoms with Gasteiger partial charge in [0.2, 0.25) is 0 Å². The lowest BCUT2D eigenvalue weighted by molar-refractivity contribution is 0.491. The lowest BCUT2D eigenvalue weighted by atomic mass is 9.98. The van der Waals surface area contributed by atoms with Gasteiger partial charge in [0, 0.05) is 6.67 Å². The van der Waals surface area contributed by atoms with Crippen LogP contribution in [0.15, 0.2) is 30.3 Å². The number of nitrogens with one attached hydrogen (secondary N) is 2. The van der Waals surface area contributed by atoms with Gasteiger partial charge in [-0.3, -0.25) is 0 Å². The van der Waals surface area contributed by atoms with Gasteiger partial charge in [0.1, 0.15) is 0 Å². The minimum atomic E-state index is 0.747. The zero-order valence-corrected chi connectivity index (χ0v) is 9.79. The minimum absolute atomic E-state index is 0.747. The molecule has 0 saturated heterocycles. The van der Waals surface area contributed by atoms with Gasteiger partial charge in [0.15, 0.2) is 0 Å². The Morgan fingerprint density at radius 2 is 1.93 bits per heavy atom. The quantitative estimate of drug-likeness (QED) is 0.527. The number of benzene rings is 1. The smallest absolute Gasteiger partial charge is 0.0451 e. The summed E-state index contributed by atoms with van der Waals surface area (Å²) in [6.45, 7) is 4.31. The highest BCUT2D eigenvalue weighted by molar-refractivity contribution is 5.14. The summed E-state index contributed by atoms with van der Waals surface area (Å²) in [7, 11) is 1.96. The summed E-state index contributed by atoms with van der Waals surface area (Å²) in [6.07, 6.45) is 2.42. The standard InChI is InChI=1S/C13H22N2/c1-12(8-9-15-11-14-2)10-13-6-4-3-5-7-13/h3-7,12,14-15H,8-11H2,1-2H3/t12-/m0/s1. The molecule has 0 spiro atoms. The van der Waals surface area contributed by atoms with Crippen LogP contribution in [0.2, 0.25) is 0 Å². The van der Waals surface area contributed by atoms with Gasteiger partial charge in [-0.1, -0.05) is 37.3 Å². The third kappa shape index (κ3) is 5.55. The lowest BCUT2D eigenvalue weighted by Gasteiger charge is -2.11. The normalized spacial score (nSPS) is 12.7. The number of hydrogen-bond acceptors (Lipinski definition) is 2. The molecule has 1 atom stereocenters. The monoisotopic (exact) mass is 206 g/mol. The third-order valence-electron chi connectivity index (χ3n) is 2.54. The molecule has 84 valence electrons. The first-order chi connectivity index (χ1) is 7.33. The fourth-order valence-electron chi connectivity index (χ4n) is 1.68. The van der Waals surface area contributed by atoms with Crippen molar-refractivity contribution < 1.29 is 0 Å². The van der Waals surface area contributed by atoms with E-state index in [1.54, 1.807) is 0 Å². The summed E-state index contributed by atoms with van der Waals surface area (Å²) in [5.74, 6) is 0.747. The summed E-state index contributed by atoms with van der Waals surface area (Å²) in [6, 6.07) is 10.7. The van der Waals surface area contributed by atoms with Gasteiger partial charge in [0.05, 0.1) is 0 Å². The van der Waals surface area contributed by atoms with Crippen molar-refractivity contribution >= 4 is 0 Å². The molecule has 0 unspecified atom stereocenters. The summed E-state index contributed by atoms with van der Waals surface area (Å²) in [4.78, 5) is 0. The van der Waals surface area contributed by atoms with Gasteiger partial charge < -0.3 is 10.6 Å². The summed E-state index contributed by atoms with van der Waals surface area (Å²) < 4.78 is 0. The van der Waals surface area contributed by atoms with Crippen LogP contribution in [0.5, 0.6) is 0 Å². The van der Waals surface area contributed by atoms with E-state index in [4.69, 9.17) is 0 Å². The third-order valence-corrected chi connectivity index (χ3v) is 2.54. The van der Waals surface area contributed by atoms with Crippen molar-refractivity contribution in [2.75, 3.05) is 20.3 Å². The van der Waals surface area contributed by atoms with Crippen molar-refractivity contribution in [3.63, 3.8) is 0 Å². The highest BCUT2D eigenvalue weighted by Gasteiger charge is 2.02. The van der Waals surface area contributed by atoms with Gasteiger partial charge in [0.25, 0.3) is 0 Å². The highest BCUT2D eigenvalue weighted by atomic mass is 15.0. The predicted molar refractivity (Wildman–Crippen MR) is 65.9 cm³/mol. The molecule has 1 aromatic carbocycles. The van der Waals surface area contributed by atoms with Crippen molar-refractivity contribution in [2.45, 2.75) is 19.8 Å². The van der Waals surface area contributed by atoms with Crippen molar-refractivity contribution in [2.24, 2.45) is 5.92 Å². The topological polar surface area (TPSA) is 24.1 Å². The average Bonchev–Trinajstić information content (AvgIpc) is 2.26. The molecule has 2 heteroatoms. The lowest BCUT2D eigenvalue weighted by Crippen LogP contribution is -2.27. The van der Waals surface area contributed by atoms with E-state index in [-0.39, 0.29) is 0 Å². The van der Waals surface area contributed by atoms with Crippen LogP contribution in [-0.4, -0.2) is 20.3 Å². The summed E-state index contributed by atoms with van der Waals surface area (Å²) in [5, 5.41) is 6.42.